The van der Waals surface area contributed by atoms with E-state index >= 15 is 0 Å². The molecule has 12 rings (SSSR count). The Bertz CT molecular complexity index is 3230. The Hall–Kier alpha value is -6.17. The first-order valence-electron chi connectivity index (χ1n) is 23.2. The van der Waals surface area contributed by atoms with E-state index in [1.54, 1.807) is 0 Å². The molecule has 3 heterocycles. The summed E-state index contributed by atoms with van der Waals surface area (Å²) >= 11 is 3.91. The van der Waals surface area contributed by atoms with Crippen LogP contribution in [0.3, 0.4) is 0 Å². The summed E-state index contributed by atoms with van der Waals surface area (Å²) in [5, 5.41) is 5.64. The van der Waals surface area contributed by atoms with Gasteiger partial charge < -0.3 is 4.90 Å². The largest absolute Gasteiger partial charge is 0.311 e. The van der Waals surface area contributed by atoms with E-state index in [4.69, 9.17) is 0 Å². The molecule has 0 N–H and O–H groups in total. The Morgan fingerprint density at radius 1 is 0.424 bits per heavy atom. The van der Waals surface area contributed by atoms with Crippen molar-refractivity contribution in [3.63, 3.8) is 0 Å². The van der Waals surface area contributed by atoms with Gasteiger partial charge in [-0.3, -0.25) is 0 Å². The fourth-order valence-corrected chi connectivity index (χ4v) is 19.8. The van der Waals surface area contributed by atoms with Crippen LogP contribution in [0.1, 0.15) is 33.4 Å². The third kappa shape index (κ3) is 6.32. The minimum atomic E-state index is -2.74. The monoisotopic (exact) mass is 897 g/mol. The number of hydrogen-bond donors (Lipinski definition) is 0. The Morgan fingerprint density at radius 2 is 0.879 bits per heavy atom. The minimum absolute atomic E-state index is 0.106. The highest BCUT2D eigenvalue weighted by Gasteiger charge is 2.49. The molecule has 0 saturated heterocycles. The molecule has 3 aliphatic rings. The van der Waals surface area contributed by atoms with Crippen LogP contribution >= 0.6 is 23.5 Å². The predicted molar refractivity (Wildman–Crippen MR) is 290 cm³/mol. The van der Waals surface area contributed by atoms with Crippen LogP contribution < -0.4 is 58.4 Å². The molecule has 0 radical (unpaired) electrons. The number of rotatable bonds is 6. The maximum Gasteiger partial charge on any atom is 0.247 e. The number of anilines is 3. The van der Waals surface area contributed by atoms with E-state index in [1.165, 1.54) is 124 Å². The van der Waals surface area contributed by atoms with E-state index in [2.05, 4.69) is 234 Å². The van der Waals surface area contributed by atoms with Crippen LogP contribution in [0.15, 0.2) is 208 Å². The summed E-state index contributed by atoms with van der Waals surface area (Å²) in [6, 6.07) is 72.4. The summed E-state index contributed by atoms with van der Waals surface area (Å²) in [5.41, 5.74) is 20.2. The summed E-state index contributed by atoms with van der Waals surface area (Å²) in [4.78, 5) is 7.97. The number of nitrogens with zero attached hydrogens (tertiary/aromatic N) is 1. The molecule has 6 heteroatoms. The van der Waals surface area contributed by atoms with Crippen LogP contribution in [0.4, 0.5) is 17.1 Å². The van der Waals surface area contributed by atoms with Gasteiger partial charge in [0.1, 0.15) is 0 Å². The average molecular weight is 898 g/mol. The smallest absolute Gasteiger partial charge is 0.247 e. The van der Waals surface area contributed by atoms with E-state index in [-0.39, 0.29) is 13.4 Å². The van der Waals surface area contributed by atoms with Gasteiger partial charge in [0.05, 0.1) is 0 Å². The molecule has 0 atom stereocenters. The molecular formula is C60H49B2NS2Si. The van der Waals surface area contributed by atoms with Crippen molar-refractivity contribution in [3.8, 4) is 0 Å². The molecule has 0 bridgehead atoms. The van der Waals surface area contributed by atoms with Crippen molar-refractivity contribution in [1.29, 1.82) is 0 Å². The third-order valence-corrected chi connectivity index (χ3v) is 21.7. The highest BCUT2D eigenvalue weighted by Crippen LogP contribution is 2.45. The number of aryl methyl sites for hydroxylation is 6. The molecule has 9 aromatic rings. The molecule has 1 nitrogen and oxygen atoms in total. The van der Waals surface area contributed by atoms with Crippen molar-refractivity contribution >= 4 is 116 Å². The molecule has 3 aliphatic heterocycles. The Morgan fingerprint density at radius 3 is 1.42 bits per heavy atom. The Kier molecular flexibility index (Phi) is 10.0. The van der Waals surface area contributed by atoms with Crippen molar-refractivity contribution in [1.82, 2.24) is 0 Å². The van der Waals surface area contributed by atoms with E-state index < -0.39 is 8.07 Å². The summed E-state index contributed by atoms with van der Waals surface area (Å²) in [6.45, 7) is 14.0. The summed E-state index contributed by atoms with van der Waals surface area (Å²) in [5.74, 6) is 0. The van der Waals surface area contributed by atoms with Gasteiger partial charge in [0.2, 0.25) is 13.4 Å². The zero-order valence-corrected chi connectivity index (χ0v) is 40.9. The van der Waals surface area contributed by atoms with Gasteiger partial charge in [-0.05, 0) is 98.1 Å². The number of hydrogen-bond acceptors (Lipinski definition) is 3. The first-order chi connectivity index (χ1) is 32.2. The molecule has 0 spiro atoms. The number of benzene rings is 9. The first kappa shape index (κ1) is 41.3. The summed E-state index contributed by atoms with van der Waals surface area (Å²) in [6.07, 6.45) is 0. The molecule has 0 saturated carbocycles. The first-order valence-corrected chi connectivity index (χ1v) is 26.9. The highest BCUT2D eigenvalue weighted by molar-refractivity contribution is 8.01. The minimum Gasteiger partial charge on any atom is -0.311 e. The lowest BCUT2D eigenvalue weighted by Gasteiger charge is -2.45. The van der Waals surface area contributed by atoms with E-state index in [0.29, 0.717) is 0 Å². The van der Waals surface area contributed by atoms with Crippen LogP contribution in [-0.2, 0) is 0 Å². The van der Waals surface area contributed by atoms with Gasteiger partial charge in [-0.1, -0.05) is 242 Å². The lowest BCUT2D eigenvalue weighted by Crippen LogP contribution is -2.77. The van der Waals surface area contributed by atoms with Crippen molar-refractivity contribution in [2.45, 2.75) is 61.1 Å². The summed E-state index contributed by atoms with van der Waals surface area (Å²) in [7, 11) is -2.74. The van der Waals surface area contributed by atoms with Gasteiger partial charge in [0, 0.05) is 36.6 Å². The average Bonchev–Trinajstić information content (AvgIpc) is 3.32. The lowest BCUT2D eigenvalue weighted by atomic mass is 9.33. The Balaban J connectivity index is 1.07. The molecule has 0 aliphatic carbocycles. The van der Waals surface area contributed by atoms with Gasteiger partial charge in [-0.25, -0.2) is 0 Å². The maximum absolute atomic E-state index is 2.74. The van der Waals surface area contributed by atoms with Gasteiger partial charge in [-0.2, -0.15) is 0 Å². The van der Waals surface area contributed by atoms with Crippen molar-refractivity contribution < 1.29 is 0 Å². The quantitative estimate of drug-likeness (QED) is 0.154. The second-order valence-electron chi connectivity index (χ2n) is 18.7. The molecule has 0 amide bonds. The second-order valence-corrected chi connectivity index (χ2v) is 24.6. The highest BCUT2D eigenvalue weighted by atomic mass is 32.2. The van der Waals surface area contributed by atoms with Crippen molar-refractivity contribution in [2.75, 3.05) is 4.90 Å². The van der Waals surface area contributed by atoms with Crippen LogP contribution in [-0.4, -0.2) is 21.5 Å². The van der Waals surface area contributed by atoms with E-state index in [9.17, 15) is 0 Å². The van der Waals surface area contributed by atoms with Gasteiger partial charge in [0.25, 0.3) is 0 Å². The topological polar surface area (TPSA) is 3.24 Å². The standard InChI is InChI=1S/C60H49B2NS2Si/c1-38-31-40(3)58(41(4)32-38)61(59-42(5)33-39(2)34-43(59)6)44-29-30-49-53(35-44)65-55-37-45(36-54-60(55)62(49)48-23-13-16-26-52(48)64-54)63-50-24-14-17-27-56(50)66(46-19-9-7-10-20-46,47-21-11-8-12-22-47)57-28-18-15-25-51(57)63/h7-37H,1-6H3. The van der Waals surface area contributed by atoms with Crippen LogP contribution in [0.5, 0.6) is 0 Å². The molecule has 0 unspecified atom stereocenters. The molecular weight excluding hydrogens is 849 g/mol. The molecule has 316 valence electrons. The lowest BCUT2D eigenvalue weighted by molar-refractivity contribution is 1.24. The number of fused-ring (bicyclic) bond motifs is 6. The summed E-state index contributed by atoms with van der Waals surface area (Å²) < 4.78 is 0. The predicted octanol–water partition coefficient (Wildman–Crippen LogP) is 8.66. The van der Waals surface area contributed by atoms with E-state index in [1.807, 2.05) is 23.5 Å². The van der Waals surface area contributed by atoms with Crippen LogP contribution in [0.25, 0.3) is 0 Å². The number of para-hydroxylation sites is 2. The van der Waals surface area contributed by atoms with Crippen molar-refractivity contribution in [2.24, 2.45) is 0 Å². The van der Waals surface area contributed by atoms with Crippen LogP contribution in [0, 0.1) is 41.5 Å². The van der Waals surface area contributed by atoms with Crippen molar-refractivity contribution in [3.05, 3.63) is 221 Å². The third-order valence-electron chi connectivity index (χ3n) is 14.6. The van der Waals surface area contributed by atoms with E-state index in [0.717, 1.165) is 0 Å². The molecule has 0 fully saturated rings. The van der Waals surface area contributed by atoms with Gasteiger partial charge in [-0.15, -0.1) is 0 Å². The maximum atomic E-state index is 2.59. The zero-order chi connectivity index (χ0) is 44.8. The molecule has 66 heavy (non-hydrogen) atoms. The second kappa shape index (κ2) is 16.0. The molecule has 9 aromatic carbocycles. The Labute approximate surface area is 400 Å². The SMILES string of the molecule is Cc1cc(C)c(B(c2ccc3c(c2)Sc2cc(N4c5ccccc5[Si](c5ccccc5)(c5ccccc5)c5ccccc54)cc4c2B3c2ccccc2S4)c2c(C)cc(C)cc2C)c(C)c1. The fraction of sp³-hybridized carbons (Fsp3) is 0.100. The zero-order valence-electron chi connectivity index (χ0n) is 38.3. The van der Waals surface area contributed by atoms with Crippen LogP contribution in [0.2, 0.25) is 0 Å². The normalized spacial score (nSPS) is 13.8. The molecule has 0 aromatic heterocycles. The van der Waals surface area contributed by atoms with Gasteiger partial charge >= 0.3 is 0 Å². The fourth-order valence-electron chi connectivity index (χ4n) is 12.2. The van der Waals surface area contributed by atoms with Gasteiger partial charge in [0.15, 0.2) is 8.07 Å².